The first-order chi connectivity index (χ1) is 9.17. The van der Waals surface area contributed by atoms with Crippen molar-refractivity contribution in [3.8, 4) is 11.1 Å². The van der Waals surface area contributed by atoms with Gasteiger partial charge in [-0.05, 0) is 17.2 Å². The smallest absolute Gasteiger partial charge is 0.238 e. The van der Waals surface area contributed by atoms with Gasteiger partial charge in [-0.15, -0.1) is 0 Å². The van der Waals surface area contributed by atoms with E-state index in [0.29, 0.717) is 5.56 Å². The van der Waals surface area contributed by atoms with Gasteiger partial charge in [0.2, 0.25) is 5.79 Å². The molecule has 0 saturated heterocycles. The third-order valence-electron chi connectivity index (χ3n) is 3.20. The molecular weight excluding hydrogens is 238 g/mol. The van der Waals surface area contributed by atoms with E-state index in [0.717, 1.165) is 11.1 Å². The van der Waals surface area contributed by atoms with E-state index in [1.54, 1.807) is 19.3 Å². The first-order valence-corrected chi connectivity index (χ1v) is 6.17. The van der Waals surface area contributed by atoms with Crippen molar-refractivity contribution in [2.45, 2.75) is 5.79 Å². The van der Waals surface area contributed by atoms with Crippen LogP contribution < -0.4 is 0 Å². The third-order valence-corrected chi connectivity index (χ3v) is 3.20. The average Bonchev–Trinajstić information content (AvgIpc) is 2.81. The highest BCUT2D eigenvalue weighted by Gasteiger charge is 2.33. The topological polar surface area (TPSA) is 32.7 Å². The van der Waals surface area contributed by atoms with E-state index in [4.69, 9.17) is 4.84 Å². The molecule has 0 radical (unpaired) electrons. The number of hydrogen-bond acceptors (Lipinski definition) is 3. The van der Waals surface area contributed by atoms with E-state index < -0.39 is 5.79 Å². The Bertz CT molecular complexity index is 592. The van der Waals surface area contributed by atoms with Crippen molar-refractivity contribution < 1.29 is 9.94 Å². The van der Waals surface area contributed by atoms with E-state index in [2.05, 4.69) is 12.1 Å². The average molecular weight is 253 g/mol. The molecule has 1 aliphatic heterocycles. The summed E-state index contributed by atoms with van der Waals surface area (Å²) in [4.78, 5) is 5.36. The van der Waals surface area contributed by atoms with Gasteiger partial charge >= 0.3 is 0 Å². The monoisotopic (exact) mass is 253 g/mol. The van der Waals surface area contributed by atoms with Crippen LogP contribution in [0.5, 0.6) is 0 Å². The van der Waals surface area contributed by atoms with Crippen LogP contribution in [-0.2, 0) is 10.6 Å². The molecule has 2 aromatic rings. The minimum Gasteiger partial charge on any atom is -0.357 e. The van der Waals surface area contributed by atoms with Crippen LogP contribution in [-0.4, -0.2) is 17.2 Å². The molecular formula is C16H15NO2. The molecule has 1 unspecified atom stereocenters. The lowest BCUT2D eigenvalue weighted by molar-refractivity contribution is -0.267. The lowest BCUT2D eigenvalue weighted by Crippen LogP contribution is -2.27. The largest absolute Gasteiger partial charge is 0.357 e. The van der Waals surface area contributed by atoms with Gasteiger partial charge in [0.1, 0.15) is 0 Å². The molecule has 0 bridgehead atoms. The predicted molar refractivity (Wildman–Crippen MR) is 73.8 cm³/mol. The van der Waals surface area contributed by atoms with Gasteiger partial charge < -0.3 is 5.11 Å². The Morgan fingerprint density at radius 2 is 1.58 bits per heavy atom. The number of hydrogen-bond donors (Lipinski definition) is 1. The second kappa shape index (κ2) is 4.53. The van der Waals surface area contributed by atoms with Gasteiger partial charge in [-0.3, -0.25) is 5.06 Å². The Balaban J connectivity index is 1.90. The number of benzene rings is 2. The molecule has 0 aliphatic carbocycles. The second-order valence-electron chi connectivity index (χ2n) is 4.59. The van der Waals surface area contributed by atoms with Gasteiger partial charge in [0.25, 0.3) is 0 Å². The number of nitrogens with zero attached hydrogens (tertiary/aromatic N) is 1. The van der Waals surface area contributed by atoms with Gasteiger partial charge in [0, 0.05) is 18.8 Å². The van der Waals surface area contributed by atoms with Crippen LogP contribution in [0.15, 0.2) is 66.9 Å². The Labute approximate surface area is 112 Å². The fraction of sp³-hybridized carbons (Fsp3) is 0.125. The van der Waals surface area contributed by atoms with Gasteiger partial charge in [0.05, 0.1) is 0 Å². The standard InChI is InChI=1S/C16H15NO2/c1-17-12-11-16(18,19-17)15-9-7-14(8-10-15)13-5-3-2-4-6-13/h2-12,18H,1H3. The normalized spacial score (nSPS) is 21.9. The number of aliphatic hydroxyl groups is 1. The van der Waals surface area contributed by atoms with Crippen molar-refractivity contribution in [2.75, 3.05) is 7.05 Å². The van der Waals surface area contributed by atoms with Crippen molar-refractivity contribution >= 4 is 0 Å². The molecule has 0 amide bonds. The highest BCUT2D eigenvalue weighted by Crippen LogP contribution is 2.31. The number of hydroxylamine groups is 2. The fourth-order valence-corrected chi connectivity index (χ4v) is 2.17. The summed E-state index contributed by atoms with van der Waals surface area (Å²) in [5, 5.41) is 11.8. The van der Waals surface area contributed by atoms with Crippen LogP contribution in [0.4, 0.5) is 0 Å². The molecule has 0 saturated carbocycles. The summed E-state index contributed by atoms with van der Waals surface area (Å²) < 4.78 is 0. The maximum atomic E-state index is 10.3. The molecule has 3 heteroatoms. The van der Waals surface area contributed by atoms with Crippen LogP contribution in [0, 0.1) is 0 Å². The van der Waals surface area contributed by atoms with Gasteiger partial charge in [0.15, 0.2) is 0 Å². The molecule has 1 atom stereocenters. The van der Waals surface area contributed by atoms with Crippen LogP contribution in [0.1, 0.15) is 5.56 Å². The van der Waals surface area contributed by atoms with E-state index in [9.17, 15) is 5.11 Å². The zero-order chi connectivity index (χ0) is 13.3. The van der Waals surface area contributed by atoms with Crippen LogP contribution in [0.25, 0.3) is 11.1 Å². The van der Waals surface area contributed by atoms with Crippen molar-refractivity contribution in [1.29, 1.82) is 0 Å². The first kappa shape index (κ1) is 12.0. The van der Waals surface area contributed by atoms with Crippen LogP contribution in [0.2, 0.25) is 0 Å². The molecule has 3 rings (SSSR count). The SMILES string of the molecule is CN1C=CC(O)(c2ccc(-c3ccccc3)cc2)O1. The summed E-state index contributed by atoms with van der Waals surface area (Å²) in [6.45, 7) is 0. The van der Waals surface area contributed by atoms with Gasteiger partial charge in [-0.2, -0.15) is 0 Å². The third kappa shape index (κ3) is 2.26. The summed E-state index contributed by atoms with van der Waals surface area (Å²) in [7, 11) is 1.74. The lowest BCUT2D eigenvalue weighted by Gasteiger charge is -2.22. The molecule has 0 spiro atoms. The van der Waals surface area contributed by atoms with Gasteiger partial charge in [-0.1, -0.05) is 54.6 Å². The maximum absolute atomic E-state index is 10.3. The maximum Gasteiger partial charge on any atom is 0.238 e. The number of rotatable bonds is 2. The van der Waals surface area contributed by atoms with Crippen molar-refractivity contribution in [3.63, 3.8) is 0 Å². The highest BCUT2D eigenvalue weighted by molar-refractivity contribution is 5.63. The molecule has 3 nitrogen and oxygen atoms in total. The Hall–Kier alpha value is -2.10. The van der Waals surface area contributed by atoms with E-state index >= 15 is 0 Å². The Kier molecular flexibility index (Phi) is 2.85. The summed E-state index contributed by atoms with van der Waals surface area (Å²) in [6, 6.07) is 17.9. The molecule has 19 heavy (non-hydrogen) atoms. The molecule has 1 aliphatic rings. The van der Waals surface area contributed by atoms with Crippen LogP contribution in [0.3, 0.4) is 0 Å². The molecule has 0 fully saturated rings. The van der Waals surface area contributed by atoms with Crippen LogP contribution >= 0.6 is 0 Å². The van der Waals surface area contributed by atoms with Crippen molar-refractivity contribution in [3.05, 3.63) is 72.4 Å². The predicted octanol–water partition coefficient (Wildman–Crippen LogP) is 2.89. The molecule has 0 aromatic heterocycles. The Morgan fingerprint density at radius 1 is 0.947 bits per heavy atom. The zero-order valence-electron chi connectivity index (χ0n) is 10.7. The molecule has 1 heterocycles. The summed E-state index contributed by atoms with van der Waals surface area (Å²) >= 11 is 0. The summed E-state index contributed by atoms with van der Waals surface area (Å²) in [5.74, 6) is -1.36. The Morgan fingerprint density at radius 3 is 2.16 bits per heavy atom. The van der Waals surface area contributed by atoms with E-state index in [-0.39, 0.29) is 0 Å². The summed E-state index contributed by atoms with van der Waals surface area (Å²) in [6.07, 6.45) is 3.33. The minimum absolute atomic E-state index is 0.716. The lowest BCUT2D eigenvalue weighted by atomic mass is 10.0. The first-order valence-electron chi connectivity index (χ1n) is 6.17. The summed E-state index contributed by atoms with van der Waals surface area (Å²) in [5.41, 5.74) is 2.98. The second-order valence-corrected chi connectivity index (χ2v) is 4.59. The van der Waals surface area contributed by atoms with Crippen molar-refractivity contribution in [1.82, 2.24) is 5.06 Å². The molecule has 96 valence electrons. The van der Waals surface area contributed by atoms with E-state index in [1.165, 1.54) is 5.06 Å². The zero-order valence-corrected chi connectivity index (χ0v) is 10.7. The highest BCUT2D eigenvalue weighted by atomic mass is 16.8. The minimum atomic E-state index is -1.36. The molecule has 1 N–H and O–H groups in total. The van der Waals surface area contributed by atoms with E-state index in [1.807, 2.05) is 42.5 Å². The van der Waals surface area contributed by atoms with Crippen molar-refractivity contribution in [2.24, 2.45) is 0 Å². The van der Waals surface area contributed by atoms with Gasteiger partial charge in [-0.25, -0.2) is 4.84 Å². The quantitative estimate of drug-likeness (QED) is 0.893. The molecule has 2 aromatic carbocycles. The fourth-order valence-electron chi connectivity index (χ4n) is 2.17.